The fraction of sp³-hybridized carbons (Fsp3) is 0.857. The monoisotopic (exact) mass is 242 g/mol. The molecule has 2 heteroatoms. The van der Waals surface area contributed by atoms with Crippen molar-refractivity contribution in [2.75, 3.05) is 0 Å². The molecule has 0 fully saturated rings. The average Bonchev–Trinajstić information content (AvgIpc) is 2.08. The molecular formula is C14H30OSi. The van der Waals surface area contributed by atoms with Crippen LogP contribution in [0.2, 0.25) is 19.6 Å². The van der Waals surface area contributed by atoms with E-state index in [0.29, 0.717) is 6.10 Å². The van der Waals surface area contributed by atoms with Crippen molar-refractivity contribution in [3.8, 4) is 0 Å². The first kappa shape index (κ1) is 15.8. The van der Waals surface area contributed by atoms with Gasteiger partial charge in [-0.2, -0.15) is 0 Å². The third kappa shape index (κ3) is 10.3. The number of unbranched alkanes of at least 4 members (excludes halogenated alkanes) is 3. The van der Waals surface area contributed by atoms with E-state index in [2.05, 4.69) is 46.1 Å². The molecule has 0 aliphatic heterocycles. The molecule has 0 saturated heterocycles. The van der Waals surface area contributed by atoms with Crippen LogP contribution in [0.5, 0.6) is 0 Å². The van der Waals surface area contributed by atoms with E-state index in [0.717, 1.165) is 6.42 Å². The van der Waals surface area contributed by atoms with Crippen molar-refractivity contribution in [3.63, 3.8) is 0 Å². The third-order valence-electron chi connectivity index (χ3n) is 2.26. The van der Waals surface area contributed by atoms with Crippen molar-refractivity contribution in [2.45, 2.75) is 78.6 Å². The summed E-state index contributed by atoms with van der Waals surface area (Å²) >= 11 is 0. The molecule has 0 radical (unpaired) electrons. The van der Waals surface area contributed by atoms with Crippen LogP contribution in [0.3, 0.4) is 0 Å². The molecule has 16 heavy (non-hydrogen) atoms. The van der Waals surface area contributed by atoms with Gasteiger partial charge in [0.25, 0.3) is 0 Å². The Morgan fingerprint density at radius 1 is 1.12 bits per heavy atom. The lowest BCUT2D eigenvalue weighted by Crippen LogP contribution is -2.18. The number of ether oxygens (including phenoxy) is 1. The van der Waals surface area contributed by atoms with E-state index in [9.17, 15) is 0 Å². The van der Waals surface area contributed by atoms with E-state index in [-0.39, 0.29) is 0 Å². The van der Waals surface area contributed by atoms with Crippen LogP contribution in [0.1, 0.15) is 52.9 Å². The van der Waals surface area contributed by atoms with Crippen LogP contribution in [0, 0.1) is 0 Å². The second-order valence-corrected chi connectivity index (χ2v) is 11.0. The summed E-state index contributed by atoms with van der Waals surface area (Å²) in [6.07, 6.45) is 6.70. The Morgan fingerprint density at radius 3 is 2.19 bits per heavy atom. The molecule has 0 aromatic heterocycles. The van der Waals surface area contributed by atoms with Gasteiger partial charge >= 0.3 is 0 Å². The maximum atomic E-state index is 5.90. The molecule has 1 nitrogen and oxygen atoms in total. The Kier molecular flexibility index (Phi) is 7.82. The molecule has 0 amide bonds. The minimum atomic E-state index is -1.14. The summed E-state index contributed by atoms with van der Waals surface area (Å²) in [6.45, 7) is 13.6. The van der Waals surface area contributed by atoms with Gasteiger partial charge in [0.1, 0.15) is 0 Å². The Bertz CT molecular complexity index is 201. The molecule has 0 spiro atoms. The van der Waals surface area contributed by atoms with Gasteiger partial charge in [0.2, 0.25) is 0 Å². The predicted molar refractivity (Wildman–Crippen MR) is 76.4 cm³/mol. The van der Waals surface area contributed by atoms with E-state index < -0.39 is 8.07 Å². The number of rotatable bonds is 8. The fourth-order valence-electron chi connectivity index (χ4n) is 1.68. The molecule has 0 bridgehead atoms. The van der Waals surface area contributed by atoms with Crippen molar-refractivity contribution < 1.29 is 4.74 Å². The highest BCUT2D eigenvalue weighted by Crippen LogP contribution is 2.17. The second-order valence-electron chi connectivity index (χ2n) is 5.95. The molecule has 0 aliphatic carbocycles. The zero-order valence-electron chi connectivity index (χ0n) is 12.1. The maximum absolute atomic E-state index is 5.90. The second kappa shape index (κ2) is 7.94. The number of hydrogen-bond donors (Lipinski definition) is 0. The van der Waals surface area contributed by atoms with E-state index in [1.165, 1.54) is 31.4 Å². The van der Waals surface area contributed by atoms with E-state index in [4.69, 9.17) is 4.74 Å². The SMILES string of the molecule is CCCCCC/C(=C/[Si](C)(C)C)OC(C)C. The summed E-state index contributed by atoms with van der Waals surface area (Å²) in [5.41, 5.74) is 2.42. The lowest BCUT2D eigenvalue weighted by molar-refractivity contribution is 0.139. The van der Waals surface area contributed by atoms with E-state index in [1.54, 1.807) is 0 Å². The van der Waals surface area contributed by atoms with Crippen LogP contribution >= 0.6 is 0 Å². The molecule has 0 aromatic carbocycles. The van der Waals surface area contributed by atoms with Crippen molar-refractivity contribution >= 4 is 8.07 Å². The lowest BCUT2D eigenvalue weighted by atomic mass is 10.1. The maximum Gasteiger partial charge on any atom is 0.0926 e. The zero-order chi connectivity index (χ0) is 12.6. The molecule has 0 aromatic rings. The molecule has 0 atom stereocenters. The minimum Gasteiger partial charge on any atom is -0.496 e. The van der Waals surface area contributed by atoms with Gasteiger partial charge in [0, 0.05) is 6.42 Å². The lowest BCUT2D eigenvalue weighted by Gasteiger charge is -2.18. The van der Waals surface area contributed by atoms with Crippen molar-refractivity contribution in [3.05, 3.63) is 11.5 Å². The normalized spacial score (nSPS) is 13.3. The highest BCUT2D eigenvalue weighted by atomic mass is 28.3. The van der Waals surface area contributed by atoms with Crippen molar-refractivity contribution in [2.24, 2.45) is 0 Å². The quantitative estimate of drug-likeness (QED) is 0.325. The zero-order valence-corrected chi connectivity index (χ0v) is 13.1. The minimum absolute atomic E-state index is 0.314. The first-order valence-corrected chi connectivity index (χ1v) is 10.3. The van der Waals surface area contributed by atoms with Crippen LogP contribution in [-0.2, 0) is 4.74 Å². The molecule has 96 valence electrons. The smallest absolute Gasteiger partial charge is 0.0926 e. The summed E-state index contributed by atoms with van der Waals surface area (Å²) in [5, 5.41) is 0. The van der Waals surface area contributed by atoms with Crippen LogP contribution in [0.15, 0.2) is 11.5 Å². The molecule has 0 N–H and O–H groups in total. The summed E-state index contributed by atoms with van der Waals surface area (Å²) in [7, 11) is -1.14. The summed E-state index contributed by atoms with van der Waals surface area (Å²) < 4.78 is 5.90. The average molecular weight is 242 g/mol. The first-order valence-electron chi connectivity index (χ1n) is 6.73. The highest BCUT2D eigenvalue weighted by Gasteiger charge is 2.12. The molecule has 0 unspecified atom stereocenters. The topological polar surface area (TPSA) is 9.23 Å². The molecule has 0 aliphatic rings. The van der Waals surface area contributed by atoms with Gasteiger partial charge in [-0.25, -0.2) is 0 Å². The standard InChI is InChI=1S/C14H30OSi/c1-7-8-9-10-11-14(15-13(2)3)12-16(4,5)6/h12-13H,7-11H2,1-6H3/b14-12-. The van der Waals surface area contributed by atoms with Crippen LogP contribution in [0.25, 0.3) is 0 Å². The van der Waals surface area contributed by atoms with Gasteiger partial charge in [-0.05, 0) is 20.3 Å². The molecule has 0 heterocycles. The number of allylic oxidation sites excluding steroid dienone is 1. The summed E-state index contributed by atoms with van der Waals surface area (Å²) in [6, 6.07) is 0. The van der Waals surface area contributed by atoms with Crippen LogP contribution < -0.4 is 0 Å². The third-order valence-corrected chi connectivity index (χ3v) is 3.45. The summed E-state index contributed by atoms with van der Waals surface area (Å²) in [4.78, 5) is 0. The Labute approximate surface area is 103 Å². The van der Waals surface area contributed by atoms with Gasteiger partial charge in [0.05, 0.1) is 19.9 Å². The van der Waals surface area contributed by atoms with Crippen LogP contribution in [-0.4, -0.2) is 14.2 Å². The van der Waals surface area contributed by atoms with E-state index in [1.807, 2.05) is 0 Å². The van der Waals surface area contributed by atoms with Crippen LogP contribution in [0.4, 0.5) is 0 Å². The van der Waals surface area contributed by atoms with Gasteiger partial charge in [0.15, 0.2) is 0 Å². The molecular weight excluding hydrogens is 212 g/mol. The number of hydrogen-bond acceptors (Lipinski definition) is 1. The van der Waals surface area contributed by atoms with Gasteiger partial charge in [-0.15, -0.1) is 0 Å². The largest absolute Gasteiger partial charge is 0.496 e. The van der Waals surface area contributed by atoms with Gasteiger partial charge in [-0.3, -0.25) is 0 Å². The Morgan fingerprint density at radius 2 is 1.75 bits per heavy atom. The Balaban J connectivity index is 4.17. The Hall–Kier alpha value is -0.243. The van der Waals surface area contributed by atoms with Crippen molar-refractivity contribution in [1.82, 2.24) is 0 Å². The van der Waals surface area contributed by atoms with E-state index >= 15 is 0 Å². The fourth-order valence-corrected chi connectivity index (χ4v) is 2.86. The van der Waals surface area contributed by atoms with Gasteiger partial charge < -0.3 is 4.74 Å². The molecule has 0 saturated carbocycles. The highest BCUT2D eigenvalue weighted by molar-refractivity contribution is 6.81. The van der Waals surface area contributed by atoms with Crippen molar-refractivity contribution in [1.29, 1.82) is 0 Å². The van der Waals surface area contributed by atoms with Gasteiger partial charge in [-0.1, -0.05) is 51.5 Å². The molecule has 0 rings (SSSR count). The predicted octanol–water partition coefficient (Wildman–Crippen LogP) is 5.14. The summed E-state index contributed by atoms with van der Waals surface area (Å²) in [5.74, 6) is 1.24. The first-order chi connectivity index (χ1) is 7.35.